The highest BCUT2D eigenvalue weighted by molar-refractivity contribution is 5.43. The normalized spacial score (nSPS) is 7.33. The van der Waals surface area contributed by atoms with Crippen LogP contribution in [0.5, 0.6) is 0 Å². The van der Waals surface area contributed by atoms with E-state index in [2.05, 4.69) is 75.1 Å². The van der Waals surface area contributed by atoms with Gasteiger partial charge in [-0.05, 0) is 29.6 Å². The predicted octanol–water partition coefficient (Wildman–Crippen LogP) is -0.501. The van der Waals surface area contributed by atoms with Crippen LogP contribution in [0.15, 0.2) is 0 Å². The zero-order chi connectivity index (χ0) is 17.6. The summed E-state index contributed by atoms with van der Waals surface area (Å²) in [5.41, 5.74) is 0. The smallest absolute Gasteiger partial charge is 0.127 e. The molecule has 0 saturated carbocycles. The summed E-state index contributed by atoms with van der Waals surface area (Å²) in [6.07, 6.45) is 7.26. The molecule has 0 aromatic rings. The van der Waals surface area contributed by atoms with E-state index in [9.17, 15) is 0 Å². The van der Waals surface area contributed by atoms with E-state index in [0.29, 0.717) is 0 Å². The third-order valence-corrected chi connectivity index (χ3v) is 1.56. The van der Waals surface area contributed by atoms with E-state index < -0.39 is 0 Å². The Morgan fingerprint density at radius 2 is 1.04 bits per heavy atom. The first-order valence-corrected chi connectivity index (χ1v) is 6.59. The van der Waals surface area contributed by atoms with Crippen LogP contribution in [0.2, 0.25) is 0 Å². The Kier molecular flexibility index (Phi) is 17.4. The highest BCUT2D eigenvalue weighted by atomic mass is 17.2. The quantitative estimate of drug-likeness (QED) is 0.253. The highest BCUT2D eigenvalue weighted by Gasteiger charge is 1.91. The van der Waals surface area contributed by atoms with Gasteiger partial charge in [0.05, 0.1) is 6.61 Å². The highest BCUT2D eigenvalue weighted by Crippen LogP contribution is 1.83. The van der Waals surface area contributed by atoms with Gasteiger partial charge < -0.3 is 9.84 Å². The van der Waals surface area contributed by atoms with Gasteiger partial charge in [-0.25, -0.2) is 19.6 Å². The van der Waals surface area contributed by atoms with Crippen molar-refractivity contribution < 1.29 is 29.4 Å². The zero-order valence-corrected chi connectivity index (χ0v) is 12.8. The van der Waals surface area contributed by atoms with Crippen LogP contribution >= 0.6 is 0 Å². The van der Waals surface area contributed by atoms with Gasteiger partial charge in [0.15, 0.2) is 0 Å². The van der Waals surface area contributed by atoms with Crippen LogP contribution in [0.4, 0.5) is 0 Å². The van der Waals surface area contributed by atoms with Crippen molar-refractivity contribution >= 4 is 0 Å². The third-order valence-electron chi connectivity index (χ3n) is 1.56. The Hall–Kier alpha value is -3.04. The minimum atomic E-state index is -0.108. The summed E-state index contributed by atoms with van der Waals surface area (Å²) in [5, 5.41) is 8.40. The third kappa shape index (κ3) is 19.0. The molecule has 6 nitrogen and oxygen atoms in total. The molecule has 0 aliphatic carbocycles. The lowest BCUT2D eigenvalue weighted by Gasteiger charge is -2.03. The molecule has 0 fully saturated rings. The molecule has 0 aromatic carbocycles. The maximum absolute atomic E-state index is 8.40. The van der Waals surface area contributed by atoms with E-state index in [1.54, 1.807) is 0 Å². The van der Waals surface area contributed by atoms with Crippen molar-refractivity contribution in [3.63, 3.8) is 0 Å². The molecular formula is C18H14O6. The molecule has 0 amide bonds. The second kappa shape index (κ2) is 20.0. The number of aliphatic hydroxyl groups excluding tert-OH is 1. The van der Waals surface area contributed by atoms with Crippen molar-refractivity contribution in [2.45, 2.75) is 0 Å². The summed E-state index contributed by atoms with van der Waals surface area (Å²) in [6, 6.07) is 0. The van der Waals surface area contributed by atoms with Crippen molar-refractivity contribution in [2.75, 3.05) is 39.6 Å². The van der Waals surface area contributed by atoms with E-state index in [-0.39, 0.29) is 39.6 Å². The number of hydrogen-bond acceptors (Lipinski definition) is 6. The molecule has 0 aliphatic rings. The van der Waals surface area contributed by atoms with Gasteiger partial charge in [-0.2, -0.15) is 0 Å². The second-order valence-electron chi connectivity index (χ2n) is 3.23. The molecule has 0 spiro atoms. The Morgan fingerprint density at radius 3 is 1.58 bits per heavy atom. The monoisotopic (exact) mass is 326 g/mol. The van der Waals surface area contributed by atoms with Crippen LogP contribution in [-0.4, -0.2) is 44.7 Å². The maximum Gasteiger partial charge on any atom is 0.127 e. The molecule has 6 heteroatoms. The Balaban J connectivity index is 3.53. The summed E-state index contributed by atoms with van der Waals surface area (Å²) in [5.74, 6) is 24.0. The number of ether oxygens (including phenoxy) is 1. The van der Waals surface area contributed by atoms with Gasteiger partial charge in [-0.1, -0.05) is 0 Å². The average molecular weight is 326 g/mol. The van der Waals surface area contributed by atoms with Crippen LogP contribution in [0.1, 0.15) is 0 Å². The molecule has 0 radical (unpaired) electrons. The predicted molar refractivity (Wildman–Crippen MR) is 84.6 cm³/mol. The topological polar surface area (TPSA) is 66.4 Å². The van der Waals surface area contributed by atoms with Gasteiger partial charge in [0.1, 0.15) is 39.1 Å². The van der Waals surface area contributed by atoms with Crippen LogP contribution in [0.3, 0.4) is 0 Å². The van der Waals surface area contributed by atoms with Gasteiger partial charge in [0, 0.05) is 29.6 Å². The summed E-state index contributed by atoms with van der Waals surface area (Å²) in [4.78, 5) is 18.7. The van der Waals surface area contributed by atoms with E-state index in [1.807, 2.05) is 0 Å². The fourth-order valence-electron chi connectivity index (χ4n) is 0.784. The molecular weight excluding hydrogens is 312 g/mol. The van der Waals surface area contributed by atoms with Crippen LogP contribution in [0, 0.1) is 71.7 Å². The Labute approximate surface area is 141 Å². The maximum atomic E-state index is 8.40. The standard InChI is InChI=1S/C18H14O6/c1-2-3-4-5-6-7-8-9-10-11-13-20-15-16-22-24-18-17-23-21-14-12-19/h1,19H,12,14-18H2. The lowest BCUT2D eigenvalue weighted by molar-refractivity contribution is -0.343. The first-order valence-electron chi connectivity index (χ1n) is 6.59. The summed E-state index contributed by atoms with van der Waals surface area (Å²) < 4.78 is 4.90. The van der Waals surface area contributed by atoms with Crippen molar-refractivity contribution in [3.8, 4) is 71.7 Å². The molecule has 122 valence electrons. The average Bonchev–Trinajstić information content (AvgIpc) is 2.60. The van der Waals surface area contributed by atoms with Gasteiger partial charge in [-0.15, -0.1) is 6.42 Å². The van der Waals surface area contributed by atoms with E-state index in [4.69, 9.17) is 26.0 Å². The molecule has 0 heterocycles. The van der Waals surface area contributed by atoms with Gasteiger partial charge >= 0.3 is 0 Å². The number of terminal acetylenes is 1. The Morgan fingerprint density at radius 1 is 0.583 bits per heavy atom. The van der Waals surface area contributed by atoms with Crippen LogP contribution in [-0.2, 0) is 24.3 Å². The summed E-state index contributed by atoms with van der Waals surface area (Å²) in [7, 11) is 0. The summed E-state index contributed by atoms with van der Waals surface area (Å²) >= 11 is 0. The first kappa shape index (κ1) is 21.0. The van der Waals surface area contributed by atoms with E-state index in [1.165, 1.54) is 0 Å². The molecule has 0 bridgehead atoms. The second-order valence-corrected chi connectivity index (χ2v) is 3.23. The molecule has 0 unspecified atom stereocenters. The summed E-state index contributed by atoms with van der Waals surface area (Å²) in [6.45, 7) is 0.755. The van der Waals surface area contributed by atoms with Crippen LogP contribution < -0.4 is 0 Å². The van der Waals surface area contributed by atoms with Gasteiger partial charge in [-0.3, -0.25) is 0 Å². The fraction of sp³-hybridized carbons (Fsp3) is 0.333. The molecule has 0 saturated heterocycles. The number of hydrogen-bond donors (Lipinski definition) is 1. The van der Waals surface area contributed by atoms with Crippen molar-refractivity contribution in [3.05, 3.63) is 0 Å². The molecule has 0 atom stereocenters. The number of aliphatic hydroxyl groups is 1. The lowest BCUT2D eigenvalue weighted by Crippen LogP contribution is -2.09. The van der Waals surface area contributed by atoms with Gasteiger partial charge in [0.25, 0.3) is 0 Å². The molecule has 0 aliphatic heterocycles. The Bertz CT molecular complexity index is 677. The van der Waals surface area contributed by atoms with E-state index >= 15 is 0 Å². The first-order chi connectivity index (χ1) is 11.9. The zero-order valence-electron chi connectivity index (χ0n) is 12.8. The molecule has 0 rings (SSSR count). The van der Waals surface area contributed by atoms with Gasteiger partial charge in [0.2, 0.25) is 0 Å². The van der Waals surface area contributed by atoms with Crippen molar-refractivity contribution in [2.24, 2.45) is 0 Å². The largest absolute Gasteiger partial charge is 0.443 e. The SMILES string of the molecule is C#CC#CC#CC#CC#CC#COCCOOCCOOCCO. The molecule has 1 N–H and O–H groups in total. The lowest BCUT2D eigenvalue weighted by atomic mass is 10.5. The number of rotatable bonds is 10. The molecule has 24 heavy (non-hydrogen) atoms. The van der Waals surface area contributed by atoms with Crippen LogP contribution in [0.25, 0.3) is 0 Å². The van der Waals surface area contributed by atoms with Crippen molar-refractivity contribution in [1.82, 2.24) is 0 Å². The minimum Gasteiger partial charge on any atom is -0.443 e. The van der Waals surface area contributed by atoms with E-state index in [0.717, 1.165) is 0 Å². The minimum absolute atomic E-state index is 0.108. The molecule has 0 aromatic heterocycles. The fourth-order valence-corrected chi connectivity index (χ4v) is 0.784. The van der Waals surface area contributed by atoms with Crippen molar-refractivity contribution in [1.29, 1.82) is 0 Å².